The van der Waals surface area contributed by atoms with Gasteiger partial charge in [-0.2, -0.15) is 56.7 Å². The van der Waals surface area contributed by atoms with Crippen LogP contribution in [0.5, 0.6) is 5.75 Å². The summed E-state index contributed by atoms with van der Waals surface area (Å²) in [4.78, 5) is 56.7. The molecular formula is C65H49BF6K2N8O15Pd2S2-. The topological polar surface area (TPSA) is 350 Å². The summed E-state index contributed by atoms with van der Waals surface area (Å²) < 4.78 is 135. The molecule has 101 heavy (non-hydrogen) atoms. The van der Waals surface area contributed by atoms with Gasteiger partial charge >= 0.3 is 143 Å². The number of carboxylic acids is 1. The quantitative estimate of drug-likeness (QED) is 0.0180. The van der Waals surface area contributed by atoms with E-state index in [1.54, 1.807) is 61.4 Å². The molecule has 36 heteroatoms. The van der Waals surface area contributed by atoms with Crippen LogP contribution in [-0.4, -0.2) is 76.9 Å². The van der Waals surface area contributed by atoms with Crippen LogP contribution in [-0.2, 0) is 87.7 Å². The van der Waals surface area contributed by atoms with Gasteiger partial charge in [-0.15, -0.1) is 11.4 Å². The zero-order chi connectivity index (χ0) is 71.0. The Kier molecular flexibility index (Phi) is 42.0. The fourth-order valence-electron chi connectivity index (χ4n) is 7.77. The molecular weight excluding hydrogens is 1610 g/mol. The molecule has 519 valence electrons. The van der Waals surface area contributed by atoms with Gasteiger partial charge in [0.05, 0.1) is 36.2 Å². The van der Waals surface area contributed by atoms with Crippen molar-refractivity contribution in [1.82, 2.24) is 19.9 Å². The number of halogens is 6. The summed E-state index contributed by atoms with van der Waals surface area (Å²) in [6.07, 6.45) is 1.71. The summed E-state index contributed by atoms with van der Waals surface area (Å²) in [5, 5.41) is 50.2. The van der Waals surface area contributed by atoms with E-state index in [1.807, 2.05) is 97.1 Å². The largest absolute Gasteiger partial charge is 2.00 e. The molecule has 0 aliphatic heterocycles. The van der Waals surface area contributed by atoms with Gasteiger partial charge in [0.15, 0.2) is 0 Å². The van der Waals surface area contributed by atoms with Gasteiger partial charge in [0.25, 0.3) is 23.8 Å². The third-order valence-corrected chi connectivity index (χ3v) is 14.5. The molecule has 0 fully saturated rings. The van der Waals surface area contributed by atoms with Crippen molar-refractivity contribution in [3.63, 3.8) is 0 Å². The summed E-state index contributed by atoms with van der Waals surface area (Å²) in [5.74, 6) is -0.685. The molecule has 0 aliphatic carbocycles. The molecule has 12 rings (SSSR count). The fraction of sp³-hybridized carbons (Fsp3) is 0.0462. The molecule has 0 saturated carbocycles. The van der Waals surface area contributed by atoms with Gasteiger partial charge in [0.2, 0.25) is 0 Å². The van der Waals surface area contributed by atoms with E-state index in [-0.39, 0.29) is 190 Å². The van der Waals surface area contributed by atoms with Gasteiger partial charge < -0.3 is 35.8 Å². The fourth-order valence-corrected chi connectivity index (χ4v) is 9.76. The Hall–Kier alpha value is -7.40. The van der Waals surface area contributed by atoms with Crippen molar-refractivity contribution in [3.8, 4) is 5.75 Å². The van der Waals surface area contributed by atoms with Crippen LogP contribution in [0.15, 0.2) is 265 Å². The number of carbonyl (C=O) groups is 2. The van der Waals surface area contributed by atoms with Crippen LogP contribution in [0.1, 0.15) is 19.5 Å². The molecule has 0 aliphatic rings. The first-order valence-corrected chi connectivity index (χ1v) is 30.0. The Labute approximate surface area is 687 Å². The van der Waals surface area contributed by atoms with E-state index in [2.05, 4.69) is 45.0 Å². The predicted octanol–water partition coefficient (Wildman–Crippen LogP) is 8.30. The molecule has 0 atom stereocenters. The number of benzene rings is 8. The number of alkyl halides is 6. The van der Waals surface area contributed by atoms with Crippen molar-refractivity contribution < 1.29 is 233 Å². The predicted molar refractivity (Wildman–Crippen MR) is 345 cm³/mol. The Balaban J connectivity index is 0.00000125. The molecule has 0 unspecified atom stereocenters. The number of aromatic nitrogens is 4. The third kappa shape index (κ3) is 31.0. The number of hydrogen-bond acceptors (Lipinski definition) is 18. The molecule has 12 aromatic rings. The SMILES string of the molecule is CC(=O)O.FC(F)(F)c1cc[c-]cc1.O=CO[O-].O=[N+]([O-])c1ccc(S(=O)(=O)[N-]c2cccc3ccc4cccnc4c23)cc1.O=[N+]([O-])c1ccc(S(=O)(=O)[N-]c2cccc3ccc4cccnc4c23)cc1.O[B]Oc1ccc(C(F)(F)F)cc1.[H-].[K+].[K+].[Pd+2].[Pd].c1ccncc1.c1ccncc1. The van der Waals surface area contributed by atoms with E-state index in [4.69, 9.17) is 25.0 Å². The van der Waals surface area contributed by atoms with Crippen LogP contribution in [0.2, 0.25) is 0 Å². The molecule has 1 radical (unpaired) electrons. The van der Waals surface area contributed by atoms with Crippen molar-refractivity contribution in [2.75, 3.05) is 0 Å². The Morgan fingerprint density at radius 1 is 0.545 bits per heavy atom. The minimum Gasteiger partial charge on any atom is -1.00 e. The van der Waals surface area contributed by atoms with E-state index in [1.165, 1.54) is 36.4 Å². The molecule has 0 spiro atoms. The van der Waals surface area contributed by atoms with E-state index >= 15 is 0 Å². The van der Waals surface area contributed by atoms with Crippen LogP contribution in [0, 0.1) is 26.3 Å². The number of carboxylic acid groups (broad SMARTS) is 1. The number of hydrogen-bond donors (Lipinski definition) is 2. The summed E-state index contributed by atoms with van der Waals surface area (Å²) in [6, 6.07) is 57.0. The summed E-state index contributed by atoms with van der Waals surface area (Å²) >= 11 is 0. The van der Waals surface area contributed by atoms with Crippen molar-refractivity contribution in [2.24, 2.45) is 0 Å². The van der Waals surface area contributed by atoms with E-state index in [0.29, 0.717) is 29.5 Å². The first-order chi connectivity index (χ1) is 46.2. The van der Waals surface area contributed by atoms with Gasteiger partial charge in [0, 0.05) is 99.6 Å². The van der Waals surface area contributed by atoms with E-state index in [9.17, 15) is 63.4 Å². The number of pyridine rings is 4. The van der Waals surface area contributed by atoms with Crippen LogP contribution < -0.4 is 113 Å². The number of fused-ring (bicyclic) bond motifs is 6. The van der Waals surface area contributed by atoms with E-state index < -0.39 is 59.3 Å². The maximum atomic E-state index is 12.7. The number of nitro groups is 2. The van der Waals surface area contributed by atoms with Gasteiger partial charge in [-0.3, -0.25) is 49.8 Å². The molecule has 0 bridgehead atoms. The molecule has 8 aromatic carbocycles. The molecule has 0 saturated heterocycles. The zero-order valence-electron chi connectivity index (χ0n) is 53.4. The van der Waals surface area contributed by atoms with Gasteiger partial charge in [-0.25, -0.2) is 16.8 Å². The molecule has 4 heterocycles. The van der Waals surface area contributed by atoms with Crippen molar-refractivity contribution in [3.05, 3.63) is 302 Å². The van der Waals surface area contributed by atoms with Crippen molar-refractivity contribution in [1.29, 1.82) is 0 Å². The van der Waals surface area contributed by atoms with Crippen LogP contribution >= 0.6 is 0 Å². The smallest absolute Gasteiger partial charge is 1.00 e. The zero-order valence-corrected chi connectivity index (χ0v) is 63.4. The van der Waals surface area contributed by atoms with Gasteiger partial charge in [0.1, 0.15) is 25.8 Å². The number of rotatable bonds is 11. The minimum atomic E-state index is -4.35. The number of aliphatic carboxylic acids is 1. The second-order valence-electron chi connectivity index (χ2n) is 18.5. The standard InChI is InChI=1S/2C19H12N3O4S.C7H5BF3O2.C7H4F3.2C5H5N.C2H4O2.CH2O3.2K.2Pd.H/c2*23-22(24)15-8-10-16(11-9-15)27(25,26)21-17-5-1-3-13-6-7-14-4-2-12-20-19(14)18(13)17;9-7(10,11)5-1-3-6(4-2-5)13-8-12;8-7(9,10)6-4-2-1-3-5-6;2*1-2-4-6-5-3-1;1-2(3)4;2-1-4-3;;;;;/h2*1-12H;1-4,12H;2-5H;2*1-5H;1H3,(H,3,4);1,3H;;;;;/q2*-1;;-1;;;;;2*+1;;+2;-1/p-1. The number of carbonyl (C=O) groups excluding carboxylic acids is 1. The molecule has 2 N–H and O–H groups in total. The molecule has 23 nitrogen and oxygen atoms in total. The van der Waals surface area contributed by atoms with E-state index in [0.717, 1.165) is 89.1 Å². The number of nitrogens with zero attached hydrogens (tertiary/aromatic N) is 8. The van der Waals surface area contributed by atoms with Crippen molar-refractivity contribution in [2.45, 2.75) is 29.1 Å². The first-order valence-electron chi connectivity index (χ1n) is 27.1. The monoisotopic (exact) mass is 1660 g/mol. The van der Waals surface area contributed by atoms with Crippen molar-refractivity contribution >= 4 is 106 Å². The summed E-state index contributed by atoms with van der Waals surface area (Å²) in [5.41, 5.74) is 0.111. The second-order valence-corrected chi connectivity index (χ2v) is 21.7. The van der Waals surface area contributed by atoms with Crippen LogP contribution in [0.4, 0.5) is 49.1 Å². The number of sulfonamides is 2. The second kappa shape index (κ2) is 46.3. The molecule has 4 aromatic heterocycles. The Morgan fingerprint density at radius 3 is 1.17 bits per heavy atom. The van der Waals surface area contributed by atoms with Gasteiger partial charge in [-0.05, 0) is 106 Å². The average molecular weight is 1660 g/mol. The first kappa shape index (κ1) is 91.6. The number of nitro benzene ring substituents is 2. The molecule has 0 amide bonds. The van der Waals surface area contributed by atoms with Crippen LogP contribution in [0.25, 0.3) is 52.8 Å². The van der Waals surface area contributed by atoms with Crippen LogP contribution in [0.3, 0.4) is 0 Å². The maximum absolute atomic E-state index is 12.7. The Bertz CT molecular complexity index is 4470. The minimum absolute atomic E-state index is 0. The average Bonchev–Trinajstić information content (AvgIpc) is 0.776. The number of non-ortho nitro benzene ring substituents is 2. The summed E-state index contributed by atoms with van der Waals surface area (Å²) in [7, 11) is -7.68. The normalized spacial score (nSPS) is 10.1. The maximum Gasteiger partial charge on any atom is 2.00 e. The summed E-state index contributed by atoms with van der Waals surface area (Å²) in [6.45, 7) is 0.903. The third-order valence-electron chi connectivity index (χ3n) is 11.9. The van der Waals surface area contributed by atoms with Gasteiger partial charge in [-0.1, -0.05) is 90.5 Å². The Morgan fingerprint density at radius 2 is 0.881 bits per heavy atom.